The van der Waals surface area contributed by atoms with Crippen LogP contribution in [0.4, 0.5) is 0 Å². The zero-order valence-corrected chi connectivity index (χ0v) is 14.7. The second-order valence-electron chi connectivity index (χ2n) is 6.02. The maximum Gasteiger partial charge on any atom is 0.116 e. The molecule has 4 rings (SSSR count). The lowest BCUT2D eigenvalue weighted by Crippen LogP contribution is -1.91. The summed E-state index contributed by atoms with van der Waals surface area (Å²) in [6.07, 6.45) is 0. The molecule has 1 aromatic heterocycles. The van der Waals surface area contributed by atoms with Crippen molar-refractivity contribution >= 4 is 11.6 Å². The summed E-state index contributed by atoms with van der Waals surface area (Å²) in [6.45, 7) is 0. The van der Waals surface area contributed by atoms with Crippen molar-refractivity contribution < 1.29 is 5.11 Å². The molecule has 0 radical (unpaired) electrons. The van der Waals surface area contributed by atoms with Gasteiger partial charge in [-0.25, -0.2) is 4.98 Å². The molecule has 3 heteroatoms. The summed E-state index contributed by atoms with van der Waals surface area (Å²) >= 11 is 6.40. The molecule has 0 atom stereocenters. The van der Waals surface area contributed by atoms with Crippen LogP contribution in [0.2, 0.25) is 5.02 Å². The number of hydrogen-bond acceptors (Lipinski definition) is 2. The van der Waals surface area contributed by atoms with Gasteiger partial charge in [-0.15, -0.1) is 0 Å². The average molecular weight is 358 g/mol. The standard InChI is InChI=1S/C23H16ClNO/c24-21-12-5-4-11-20(21)23-15-18(16-7-2-1-3-8-16)14-22(25-23)17-9-6-10-19(26)13-17/h1-15,26H. The summed E-state index contributed by atoms with van der Waals surface area (Å²) in [5.41, 5.74) is 5.48. The first-order valence-corrected chi connectivity index (χ1v) is 8.70. The third-order valence-corrected chi connectivity index (χ3v) is 4.55. The highest BCUT2D eigenvalue weighted by Gasteiger charge is 2.11. The fourth-order valence-electron chi connectivity index (χ4n) is 2.95. The molecule has 1 N–H and O–H groups in total. The first-order valence-electron chi connectivity index (χ1n) is 8.32. The Hall–Kier alpha value is -3.10. The van der Waals surface area contributed by atoms with Gasteiger partial charge in [-0.05, 0) is 41.5 Å². The largest absolute Gasteiger partial charge is 0.508 e. The van der Waals surface area contributed by atoms with Crippen LogP contribution in [0.1, 0.15) is 0 Å². The molecule has 2 nitrogen and oxygen atoms in total. The van der Waals surface area contributed by atoms with Crippen LogP contribution >= 0.6 is 11.6 Å². The minimum absolute atomic E-state index is 0.216. The predicted octanol–water partition coefficient (Wildman–Crippen LogP) is 6.44. The quantitative estimate of drug-likeness (QED) is 0.457. The molecule has 4 aromatic rings. The lowest BCUT2D eigenvalue weighted by molar-refractivity contribution is 0.475. The summed E-state index contributed by atoms with van der Waals surface area (Å²) in [4.78, 5) is 4.81. The van der Waals surface area contributed by atoms with Crippen LogP contribution in [0.3, 0.4) is 0 Å². The zero-order valence-electron chi connectivity index (χ0n) is 13.9. The Labute approximate surface area is 157 Å². The molecule has 0 aliphatic rings. The monoisotopic (exact) mass is 357 g/mol. The number of aromatic nitrogens is 1. The van der Waals surface area contributed by atoms with E-state index in [-0.39, 0.29) is 5.75 Å². The van der Waals surface area contributed by atoms with Gasteiger partial charge in [0.05, 0.1) is 11.4 Å². The zero-order chi connectivity index (χ0) is 17.9. The normalized spacial score (nSPS) is 10.7. The van der Waals surface area contributed by atoms with Crippen molar-refractivity contribution in [2.75, 3.05) is 0 Å². The Morgan fingerprint density at radius 3 is 2.08 bits per heavy atom. The highest BCUT2D eigenvalue weighted by molar-refractivity contribution is 6.33. The molecule has 0 unspecified atom stereocenters. The Morgan fingerprint density at radius 2 is 1.31 bits per heavy atom. The van der Waals surface area contributed by atoms with Gasteiger partial charge in [0.25, 0.3) is 0 Å². The number of halogens is 1. The number of phenolic OH excluding ortho intramolecular Hbond substituents is 1. The van der Waals surface area contributed by atoms with Gasteiger partial charge in [-0.1, -0.05) is 72.3 Å². The first-order chi connectivity index (χ1) is 12.7. The van der Waals surface area contributed by atoms with Gasteiger partial charge >= 0.3 is 0 Å². The van der Waals surface area contributed by atoms with E-state index in [2.05, 4.69) is 12.1 Å². The second-order valence-corrected chi connectivity index (χ2v) is 6.43. The van der Waals surface area contributed by atoms with E-state index in [0.29, 0.717) is 5.02 Å². The molecule has 0 aliphatic heterocycles. The van der Waals surface area contributed by atoms with Gasteiger partial charge in [-0.3, -0.25) is 0 Å². The van der Waals surface area contributed by atoms with E-state index >= 15 is 0 Å². The van der Waals surface area contributed by atoms with E-state index < -0.39 is 0 Å². The van der Waals surface area contributed by atoms with Crippen molar-refractivity contribution in [3.8, 4) is 39.4 Å². The Kier molecular flexibility index (Phi) is 4.42. The van der Waals surface area contributed by atoms with Gasteiger partial charge in [0.2, 0.25) is 0 Å². The minimum Gasteiger partial charge on any atom is -0.508 e. The van der Waals surface area contributed by atoms with Crippen molar-refractivity contribution in [2.45, 2.75) is 0 Å². The fraction of sp³-hybridized carbons (Fsp3) is 0. The summed E-state index contributed by atoms with van der Waals surface area (Å²) in [7, 11) is 0. The molecule has 0 saturated carbocycles. The van der Waals surface area contributed by atoms with E-state index in [1.54, 1.807) is 12.1 Å². The molecular formula is C23H16ClNO. The van der Waals surface area contributed by atoms with Crippen LogP contribution in [0, 0.1) is 0 Å². The lowest BCUT2D eigenvalue weighted by atomic mass is 10.00. The molecule has 0 aliphatic carbocycles. The molecule has 0 amide bonds. The van der Waals surface area contributed by atoms with E-state index in [0.717, 1.165) is 33.6 Å². The van der Waals surface area contributed by atoms with Gasteiger partial charge in [0.1, 0.15) is 5.75 Å². The molecule has 0 fully saturated rings. The highest BCUT2D eigenvalue weighted by Crippen LogP contribution is 2.33. The number of pyridine rings is 1. The van der Waals surface area contributed by atoms with Gasteiger partial charge in [0, 0.05) is 16.1 Å². The van der Waals surface area contributed by atoms with Crippen LogP contribution in [-0.2, 0) is 0 Å². The predicted molar refractivity (Wildman–Crippen MR) is 107 cm³/mol. The molecule has 0 bridgehead atoms. The fourth-order valence-corrected chi connectivity index (χ4v) is 3.18. The van der Waals surface area contributed by atoms with Crippen LogP contribution in [0.5, 0.6) is 5.75 Å². The number of rotatable bonds is 3. The SMILES string of the molecule is Oc1cccc(-c2cc(-c3ccccc3)cc(-c3ccccc3Cl)n2)c1. The van der Waals surface area contributed by atoms with E-state index in [1.165, 1.54) is 0 Å². The van der Waals surface area contributed by atoms with Crippen LogP contribution in [0.25, 0.3) is 33.6 Å². The summed E-state index contributed by atoms with van der Waals surface area (Å²) < 4.78 is 0. The van der Waals surface area contributed by atoms with Crippen molar-refractivity contribution in [3.05, 3.63) is 96.0 Å². The van der Waals surface area contributed by atoms with Crippen molar-refractivity contribution in [3.63, 3.8) is 0 Å². The van der Waals surface area contributed by atoms with E-state index in [1.807, 2.05) is 66.7 Å². The van der Waals surface area contributed by atoms with Gasteiger partial charge in [0.15, 0.2) is 0 Å². The maximum absolute atomic E-state index is 9.84. The number of hydrogen-bond donors (Lipinski definition) is 1. The number of nitrogens with zero attached hydrogens (tertiary/aromatic N) is 1. The number of phenols is 1. The lowest BCUT2D eigenvalue weighted by Gasteiger charge is -2.11. The molecule has 0 spiro atoms. The Morgan fingerprint density at radius 1 is 0.615 bits per heavy atom. The topological polar surface area (TPSA) is 33.1 Å². The minimum atomic E-state index is 0.216. The molecule has 26 heavy (non-hydrogen) atoms. The highest BCUT2D eigenvalue weighted by atomic mass is 35.5. The maximum atomic E-state index is 9.84. The second kappa shape index (κ2) is 7.03. The van der Waals surface area contributed by atoms with Crippen molar-refractivity contribution in [1.29, 1.82) is 0 Å². The Bertz CT molecular complexity index is 1060. The van der Waals surface area contributed by atoms with E-state index in [9.17, 15) is 5.11 Å². The third kappa shape index (κ3) is 3.32. The summed E-state index contributed by atoms with van der Waals surface area (Å²) in [5, 5.41) is 10.5. The summed E-state index contributed by atoms with van der Waals surface area (Å²) in [5.74, 6) is 0.216. The van der Waals surface area contributed by atoms with E-state index in [4.69, 9.17) is 16.6 Å². The first kappa shape index (κ1) is 16.4. The molecule has 3 aromatic carbocycles. The Balaban J connectivity index is 1.95. The van der Waals surface area contributed by atoms with Gasteiger partial charge in [-0.2, -0.15) is 0 Å². The molecular weight excluding hydrogens is 342 g/mol. The molecule has 1 heterocycles. The number of benzene rings is 3. The average Bonchev–Trinajstić information content (AvgIpc) is 2.69. The smallest absolute Gasteiger partial charge is 0.116 e. The summed E-state index contributed by atoms with van der Waals surface area (Å²) in [6, 6.07) is 29.0. The third-order valence-electron chi connectivity index (χ3n) is 4.22. The van der Waals surface area contributed by atoms with Gasteiger partial charge < -0.3 is 5.11 Å². The van der Waals surface area contributed by atoms with Crippen molar-refractivity contribution in [1.82, 2.24) is 4.98 Å². The van der Waals surface area contributed by atoms with Crippen LogP contribution in [0.15, 0.2) is 91.0 Å². The number of aromatic hydroxyl groups is 1. The molecule has 0 saturated heterocycles. The van der Waals surface area contributed by atoms with Crippen molar-refractivity contribution in [2.24, 2.45) is 0 Å². The molecule has 126 valence electrons. The van der Waals surface area contributed by atoms with Crippen LogP contribution < -0.4 is 0 Å². The van der Waals surface area contributed by atoms with Crippen LogP contribution in [-0.4, -0.2) is 10.1 Å².